The zero-order valence-corrected chi connectivity index (χ0v) is 8.59. The van der Waals surface area contributed by atoms with Crippen molar-refractivity contribution in [3.05, 3.63) is 0 Å². The lowest BCUT2D eigenvalue weighted by molar-refractivity contribution is -0.120. The third-order valence-electron chi connectivity index (χ3n) is 1.87. The second kappa shape index (κ2) is 5.70. The highest BCUT2D eigenvalue weighted by molar-refractivity contribution is 8.00. The summed E-state index contributed by atoms with van der Waals surface area (Å²) in [5.74, 6) is 1.79. The minimum atomic E-state index is 0.167. The van der Waals surface area contributed by atoms with Crippen molar-refractivity contribution >= 4 is 29.3 Å². The Morgan fingerprint density at radius 1 is 1.58 bits per heavy atom. The molecule has 4 heteroatoms. The van der Waals surface area contributed by atoms with Crippen molar-refractivity contribution < 1.29 is 4.79 Å². The van der Waals surface area contributed by atoms with Crippen LogP contribution in [0.1, 0.15) is 19.3 Å². The molecule has 1 atom stereocenters. The molecule has 1 N–H and O–H groups in total. The summed E-state index contributed by atoms with van der Waals surface area (Å²) in [5, 5.41) is 2.99. The van der Waals surface area contributed by atoms with E-state index in [1.165, 1.54) is 12.8 Å². The van der Waals surface area contributed by atoms with E-state index in [0.717, 1.165) is 12.2 Å². The summed E-state index contributed by atoms with van der Waals surface area (Å²) in [4.78, 5) is 11.4. The lowest BCUT2D eigenvalue weighted by Crippen LogP contribution is -2.35. The molecule has 1 amide bonds. The molecule has 1 saturated heterocycles. The lowest BCUT2D eigenvalue weighted by atomic mass is 10.2. The van der Waals surface area contributed by atoms with E-state index in [4.69, 9.17) is 11.6 Å². The first-order valence-electron chi connectivity index (χ1n) is 4.30. The van der Waals surface area contributed by atoms with Crippen LogP contribution in [-0.2, 0) is 4.79 Å². The number of hydrogen-bond donors (Lipinski definition) is 1. The second-order valence-electron chi connectivity index (χ2n) is 2.84. The van der Waals surface area contributed by atoms with E-state index in [9.17, 15) is 4.79 Å². The average Bonchev–Trinajstić information content (AvgIpc) is 2.15. The molecular weight excluding hydrogens is 194 g/mol. The number of rotatable bonds is 3. The predicted octanol–water partition coefficient (Wildman–Crippen LogP) is 1.63. The summed E-state index contributed by atoms with van der Waals surface area (Å²) in [6.07, 6.45) is 3.47. The number of thioether (sulfide) groups is 1. The van der Waals surface area contributed by atoms with E-state index in [-0.39, 0.29) is 11.2 Å². The quantitative estimate of drug-likeness (QED) is 0.713. The Kier molecular flexibility index (Phi) is 4.84. The molecule has 1 aliphatic heterocycles. The maximum absolute atomic E-state index is 11.4. The van der Waals surface area contributed by atoms with Gasteiger partial charge in [0.1, 0.15) is 0 Å². The third kappa shape index (κ3) is 3.23. The van der Waals surface area contributed by atoms with Crippen LogP contribution >= 0.6 is 23.4 Å². The van der Waals surface area contributed by atoms with Crippen molar-refractivity contribution in [1.82, 2.24) is 5.32 Å². The first kappa shape index (κ1) is 10.2. The van der Waals surface area contributed by atoms with Gasteiger partial charge in [0.2, 0.25) is 5.91 Å². The molecule has 0 aliphatic carbocycles. The van der Waals surface area contributed by atoms with Gasteiger partial charge in [-0.3, -0.25) is 4.79 Å². The molecule has 0 bridgehead atoms. The van der Waals surface area contributed by atoms with Crippen LogP contribution in [0.2, 0.25) is 0 Å². The molecular formula is C8H14ClNOS. The van der Waals surface area contributed by atoms with Gasteiger partial charge in [-0.25, -0.2) is 0 Å². The fourth-order valence-electron chi connectivity index (χ4n) is 1.23. The Morgan fingerprint density at radius 2 is 2.42 bits per heavy atom. The summed E-state index contributed by atoms with van der Waals surface area (Å²) >= 11 is 7.23. The Morgan fingerprint density at radius 3 is 3.00 bits per heavy atom. The van der Waals surface area contributed by atoms with E-state index < -0.39 is 0 Å². The summed E-state index contributed by atoms with van der Waals surface area (Å²) in [6.45, 7) is 0.595. The molecule has 12 heavy (non-hydrogen) atoms. The summed E-state index contributed by atoms with van der Waals surface area (Å²) in [6, 6.07) is 0. The normalized spacial score (nSPS) is 23.6. The van der Waals surface area contributed by atoms with Gasteiger partial charge in [0, 0.05) is 12.4 Å². The summed E-state index contributed by atoms with van der Waals surface area (Å²) in [5.41, 5.74) is 0. The number of carbonyl (C=O) groups excluding carboxylic acids is 1. The number of carbonyl (C=O) groups is 1. The molecule has 1 heterocycles. The smallest absolute Gasteiger partial charge is 0.233 e. The third-order valence-corrected chi connectivity index (χ3v) is 3.43. The predicted molar refractivity (Wildman–Crippen MR) is 53.8 cm³/mol. The van der Waals surface area contributed by atoms with Crippen molar-refractivity contribution in [2.75, 3.05) is 18.2 Å². The first-order chi connectivity index (χ1) is 5.84. The van der Waals surface area contributed by atoms with Crippen LogP contribution in [0, 0.1) is 0 Å². The molecule has 0 radical (unpaired) electrons. The van der Waals surface area contributed by atoms with E-state index >= 15 is 0 Å². The van der Waals surface area contributed by atoms with Gasteiger partial charge >= 0.3 is 0 Å². The number of amides is 1. The Balaban J connectivity index is 2.20. The van der Waals surface area contributed by atoms with Crippen LogP contribution in [0.4, 0.5) is 0 Å². The van der Waals surface area contributed by atoms with Crippen molar-refractivity contribution in [2.24, 2.45) is 0 Å². The summed E-state index contributed by atoms with van der Waals surface area (Å²) in [7, 11) is 0. The highest BCUT2D eigenvalue weighted by atomic mass is 35.5. The zero-order chi connectivity index (χ0) is 8.81. The van der Waals surface area contributed by atoms with Gasteiger partial charge in [-0.15, -0.1) is 23.4 Å². The van der Waals surface area contributed by atoms with Crippen molar-refractivity contribution in [3.8, 4) is 0 Å². The maximum Gasteiger partial charge on any atom is 0.233 e. The fourth-order valence-corrected chi connectivity index (χ4v) is 2.55. The van der Waals surface area contributed by atoms with E-state index in [1.807, 2.05) is 0 Å². The molecule has 0 aromatic carbocycles. The van der Waals surface area contributed by atoms with Gasteiger partial charge in [0.05, 0.1) is 5.25 Å². The van der Waals surface area contributed by atoms with E-state index in [2.05, 4.69) is 5.32 Å². The van der Waals surface area contributed by atoms with Gasteiger partial charge < -0.3 is 5.32 Å². The fraction of sp³-hybridized carbons (Fsp3) is 0.875. The van der Waals surface area contributed by atoms with Gasteiger partial charge in [-0.2, -0.15) is 0 Å². The zero-order valence-electron chi connectivity index (χ0n) is 7.01. The molecule has 0 spiro atoms. The first-order valence-corrected chi connectivity index (χ1v) is 5.88. The molecule has 1 unspecified atom stereocenters. The summed E-state index contributed by atoms with van der Waals surface area (Å²) < 4.78 is 0. The Hall–Kier alpha value is 0.110. The molecule has 0 aromatic rings. The van der Waals surface area contributed by atoms with Crippen LogP contribution in [0.25, 0.3) is 0 Å². The van der Waals surface area contributed by atoms with Crippen LogP contribution in [0.5, 0.6) is 0 Å². The maximum atomic E-state index is 11.4. The van der Waals surface area contributed by atoms with Crippen LogP contribution in [0.3, 0.4) is 0 Å². The van der Waals surface area contributed by atoms with Crippen LogP contribution in [0.15, 0.2) is 0 Å². The van der Waals surface area contributed by atoms with Gasteiger partial charge in [-0.1, -0.05) is 6.42 Å². The minimum absolute atomic E-state index is 0.167. The van der Waals surface area contributed by atoms with Crippen molar-refractivity contribution in [3.63, 3.8) is 0 Å². The molecule has 0 saturated carbocycles. The van der Waals surface area contributed by atoms with Crippen molar-refractivity contribution in [2.45, 2.75) is 24.5 Å². The topological polar surface area (TPSA) is 29.1 Å². The highest BCUT2D eigenvalue weighted by Gasteiger charge is 2.20. The molecule has 1 rings (SSSR count). The lowest BCUT2D eigenvalue weighted by Gasteiger charge is -2.19. The highest BCUT2D eigenvalue weighted by Crippen LogP contribution is 2.24. The van der Waals surface area contributed by atoms with E-state index in [1.54, 1.807) is 11.8 Å². The molecule has 1 fully saturated rings. The van der Waals surface area contributed by atoms with Gasteiger partial charge in [0.15, 0.2) is 0 Å². The Labute approximate surface area is 82.4 Å². The standard InChI is InChI=1S/C8H14ClNOS/c9-4-5-10-8(11)7-3-1-2-6-12-7/h7H,1-6H2,(H,10,11). The molecule has 2 nitrogen and oxygen atoms in total. The molecule has 1 aliphatic rings. The molecule has 0 aromatic heterocycles. The molecule has 70 valence electrons. The Bertz CT molecular complexity index is 148. The van der Waals surface area contributed by atoms with Crippen LogP contribution in [-0.4, -0.2) is 29.3 Å². The monoisotopic (exact) mass is 207 g/mol. The van der Waals surface area contributed by atoms with Crippen LogP contribution < -0.4 is 5.32 Å². The number of hydrogen-bond acceptors (Lipinski definition) is 2. The van der Waals surface area contributed by atoms with E-state index in [0.29, 0.717) is 12.4 Å². The minimum Gasteiger partial charge on any atom is -0.354 e. The number of nitrogens with one attached hydrogen (secondary N) is 1. The van der Waals surface area contributed by atoms with Gasteiger partial charge in [-0.05, 0) is 18.6 Å². The SMILES string of the molecule is O=C(NCCCl)C1CCCCS1. The average molecular weight is 208 g/mol. The number of halogens is 1. The number of alkyl halides is 1. The second-order valence-corrected chi connectivity index (χ2v) is 4.52. The van der Waals surface area contributed by atoms with Gasteiger partial charge in [0.25, 0.3) is 0 Å². The van der Waals surface area contributed by atoms with Crippen molar-refractivity contribution in [1.29, 1.82) is 0 Å². The largest absolute Gasteiger partial charge is 0.354 e.